The lowest BCUT2D eigenvalue weighted by Crippen LogP contribution is -2.67. The molecule has 4 heterocycles. The summed E-state index contributed by atoms with van der Waals surface area (Å²) in [6.07, 6.45) is -17.8. The van der Waals surface area contributed by atoms with E-state index in [4.69, 9.17) is 71.1 Å². The van der Waals surface area contributed by atoms with Crippen LogP contribution in [0.4, 0.5) is 0 Å². The highest BCUT2D eigenvalue weighted by Crippen LogP contribution is 2.40. The summed E-state index contributed by atoms with van der Waals surface area (Å²) >= 11 is 0. The second kappa shape index (κ2) is 21.4. The average Bonchev–Trinajstić information content (AvgIpc) is 3.55. The Hall–Kier alpha value is -4.93. The molecular formula is C44H56O20. The maximum atomic E-state index is 13.1. The van der Waals surface area contributed by atoms with Crippen molar-refractivity contribution >= 4 is 29.8 Å². The van der Waals surface area contributed by atoms with Gasteiger partial charge in [0.2, 0.25) is 6.29 Å². The number of hydrogen-bond acceptors (Lipinski definition) is 20. The standard InChI is InChI=1S/C44H56O20/c1-22-33(52-19-28-14-11-10-12-15-28)36(61-43-40(58-27(6)49)37(56-25(4)47)34(55-24(3)46)31(60-43)20-51-23(2)45)39(57-26(5)48)42(54-22)62-38-35-32(63-44(7,8)64-35)21-53-41(38)59-30-17-13-16-29(18-30)50-9/h10-18,22,31-43H,19-21H2,1-9H3/t22-,31+,32-,33-,34+,35-,36+,37-,38+,39+,40+,41-,42-,43-/m0/s1. The van der Waals surface area contributed by atoms with Crippen molar-refractivity contribution in [1.82, 2.24) is 0 Å². The molecule has 20 heteroatoms. The summed E-state index contributed by atoms with van der Waals surface area (Å²) in [7, 11) is 1.52. The molecule has 0 N–H and O–H groups in total. The van der Waals surface area contributed by atoms with Gasteiger partial charge in [-0.05, 0) is 38.5 Å². The first-order valence-corrected chi connectivity index (χ1v) is 20.8. The maximum Gasteiger partial charge on any atom is 0.303 e. The quantitative estimate of drug-likeness (QED) is 0.174. The van der Waals surface area contributed by atoms with Gasteiger partial charge in [-0.15, -0.1) is 0 Å². The SMILES string of the molecule is COc1cccc(O[C@@H]2OC[C@@H]3OC(C)(C)O[C@@H]3[C@H]2O[C@@H]2O[C@@H](C)[C@H](OCc3ccccc3)[C@@H](O[C@@H]3O[C@H](COC(C)=O)[C@@H](OC(C)=O)[C@H](OC(C)=O)[C@H]3OC(C)=O)[C@H]2OC(C)=O)c1. The number of carbonyl (C=O) groups is 5. The van der Waals surface area contributed by atoms with Crippen molar-refractivity contribution in [3.8, 4) is 11.5 Å². The van der Waals surface area contributed by atoms with E-state index in [0.29, 0.717) is 11.5 Å². The van der Waals surface area contributed by atoms with Gasteiger partial charge in [0.1, 0.15) is 48.6 Å². The number of methoxy groups -OCH3 is 1. The van der Waals surface area contributed by atoms with Gasteiger partial charge in [-0.1, -0.05) is 36.4 Å². The molecule has 0 bridgehead atoms. The Morgan fingerprint density at radius 2 is 1.23 bits per heavy atom. The molecule has 0 unspecified atom stereocenters. The largest absolute Gasteiger partial charge is 0.497 e. The monoisotopic (exact) mass is 904 g/mol. The van der Waals surface area contributed by atoms with Crippen molar-refractivity contribution in [3.63, 3.8) is 0 Å². The third-order valence-corrected chi connectivity index (χ3v) is 10.4. The number of hydrogen-bond donors (Lipinski definition) is 0. The van der Waals surface area contributed by atoms with Crippen LogP contribution in [0.2, 0.25) is 0 Å². The number of carbonyl (C=O) groups excluding carboxylic acids is 5. The van der Waals surface area contributed by atoms with Crippen LogP contribution in [-0.2, 0) is 92.2 Å². The molecule has 64 heavy (non-hydrogen) atoms. The van der Waals surface area contributed by atoms with Crippen LogP contribution < -0.4 is 9.47 Å². The van der Waals surface area contributed by atoms with Gasteiger partial charge >= 0.3 is 29.8 Å². The Morgan fingerprint density at radius 1 is 0.641 bits per heavy atom. The summed E-state index contributed by atoms with van der Waals surface area (Å²) in [6, 6.07) is 16.0. The third kappa shape index (κ3) is 12.4. The van der Waals surface area contributed by atoms with Crippen LogP contribution in [-0.4, -0.2) is 142 Å². The Kier molecular flexibility index (Phi) is 16.2. The molecule has 0 amide bonds. The minimum atomic E-state index is -1.71. The zero-order valence-electron chi connectivity index (χ0n) is 37.1. The van der Waals surface area contributed by atoms with Crippen LogP contribution in [0.1, 0.15) is 61.0 Å². The first-order chi connectivity index (χ1) is 30.4. The van der Waals surface area contributed by atoms with Gasteiger partial charge in [0, 0.05) is 40.7 Å². The van der Waals surface area contributed by atoms with E-state index < -0.39 is 128 Å². The van der Waals surface area contributed by atoms with Gasteiger partial charge in [0.25, 0.3) is 0 Å². The van der Waals surface area contributed by atoms with E-state index in [1.54, 1.807) is 45.0 Å². The highest BCUT2D eigenvalue weighted by atomic mass is 16.8. The smallest absolute Gasteiger partial charge is 0.303 e. The predicted molar refractivity (Wildman–Crippen MR) is 214 cm³/mol. The third-order valence-electron chi connectivity index (χ3n) is 10.4. The molecule has 0 spiro atoms. The summed E-state index contributed by atoms with van der Waals surface area (Å²) in [5, 5.41) is 0. The molecule has 4 fully saturated rings. The van der Waals surface area contributed by atoms with Gasteiger partial charge in [0.15, 0.2) is 48.9 Å². The topological polar surface area (TPSA) is 224 Å². The molecule has 0 aliphatic carbocycles. The molecule has 2 aromatic carbocycles. The Bertz CT molecular complexity index is 1920. The van der Waals surface area contributed by atoms with Gasteiger partial charge in [-0.25, -0.2) is 0 Å². The van der Waals surface area contributed by atoms with E-state index >= 15 is 0 Å². The first-order valence-electron chi connectivity index (χ1n) is 20.8. The van der Waals surface area contributed by atoms with E-state index in [1.165, 1.54) is 14.0 Å². The minimum Gasteiger partial charge on any atom is -0.497 e. The highest BCUT2D eigenvalue weighted by molar-refractivity contribution is 5.69. The molecule has 0 aromatic heterocycles. The lowest BCUT2D eigenvalue weighted by Gasteiger charge is -2.49. The van der Waals surface area contributed by atoms with Crippen LogP contribution in [0.25, 0.3) is 0 Å². The fourth-order valence-corrected chi connectivity index (χ4v) is 7.92. The zero-order chi connectivity index (χ0) is 46.3. The number of esters is 5. The summed E-state index contributed by atoms with van der Waals surface area (Å²) in [4.78, 5) is 63.0. The van der Waals surface area contributed by atoms with Crippen molar-refractivity contribution in [1.29, 1.82) is 0 Å². The van der Waals surface area contributed by atoms with Crippen molar-refractivity contribution in [2.75, 3.05) is 20.3 Å². The molecule has 4 saturated heterocycles. The molecule has 0 radical (unpaired) electrons. The fourth-order valence-electron chi connectivity index (χ4n) is 7.92. The van der Waals surface area contributed by atoms with Crippen molar-refractivity contribution in [3.05, 3.63) is 60.2 Å². The normalized spacial score (nSPS) is 33.1. The number of rotatable bonds is 16. The summed E-state index contributed by atoms with van der Waals surface area (Å²) in [5.74, 6) is -4.16. The summed E-state index contributed by atoms with van der Waals surface area (Å²) < 4.78 is 91.6. The number of fused-ring (bicyclic) bond motifs is 1. The molecule has 14 atom stereocenters. The highest BCUT2D eigenvalue weighted by Gasteiger charge is 2.59. The molecule has 0 saturated carbocycles. The Labute approximate surface area is 370 Å². The van der Waals surface area contributed by atoms with Crippen LogP contribution in [0.3, 0.4) is 0 Å². The molecular weight excluding hydrogens is 848 g/mol. The van der Waals surface area contributed by atoms with Gasteiger partial charge in [-0.2, -0.15) is 0 Å². The van der Waals surface area contributed by atoms with E-state index in [0.717, 1.165) is 33.3 Å². The molecule has 2 aromatic rings. The minimum absolute atomic E-state index is 0.0207. The second-order valence-electron chi connectivity index (χ2n) is 16.0. The van der Waals surface area contributed by atoms with E-state index in [9.17, 15) is 24.0 Å². The molecule has 4 aliphatic rings. The van der Waals surface area contributed by atoms with Gasteiger partial charge in [0.05, 0.1) is 26.4 Å². The average molecular weight is 905 g/mol. The van der Waals surface area contributed by atoms with Crippen LogP contribution in [0.15, 0.2) is 54.6 Å². The van der Waals surface area contributed by atoms with Gasteiger partial charge < -0.3 is 71.1 Å². The molecule has 6 rings (SSSR count). The fraction of sp³-hybridized carbons (Fsp3) is 0.614. The van der Waals surface area contributed by atoms with E-state index in [-0.39, 0.29) is 13.2 Å². The lowest BCUT2D eigenvalue weighted by atomic mass is 9.96. The lowest BCUT2D eigenvalue weighted by molar-refractivity contribution is -0.376. The Balaban J connectivity index is 1.41. The first kappa shape index (κ1) is 48.5. The zero-order valence-corrected chi connectivity index (χ0v) is 37.1. The van der Waals surface area contributed by atoms with Crippen molar-refractivity contribution < 1.29 is 95.0 Å². The molecule has 20 nitrogen and oxygen atoms in total. The second-order valence-corrected chi connectivity index (χ2v) is 16.0. The maximum absolute atomic E-state index is 13.1. The molecule has 352 valence electrons. The van der Waals surface area contributed by atoms with Crippen LogP contribution in [0, 0.1) is 0 Å². The molecule has 4 aliphatic heterocycles. The van der Waals surface area contributed by atoms with Gasteiger partial charge in [-0.3, -0.25) is 24.0 Å². The van der Waals surface area contributed by atoms with E-state index in [2.05, 4.69) is 0 Å². The van der Waals surface area contributed by atoms with Crippen LogP contribution in [0.5, 0.6) is 11.5 Å². The summed E-state index contributed by atoms with van der Waals surface area (Å²) in [6.45, 7) is 10.4. The number of ether oxygens (including phenoxy) is 15. The Morgan fingerprint density at radius 3 is 1.88 bits per heavy atom. The van der Waals surface area contributed by atoms with E-state index in [1.807, 2.05) is 30.3 Å². The summed E-state index contributed by atoms with van der Waals surface area (Å²) in [5.41, 5.74) is 0.770. The van der Waals surface area contributed by atoms with Crippen molar-refractivity contribution in [2.45, 2.75) is 154 Å². The number of benzene rings is 2. The van der Waals surface area contributed by atoms with Crippen molar-refractivity contribution in [2.24, 2.45) is 0 Å². The predicted octanol–water partition coefficient (Wildman–Crippen LogP) is 3.07. The van der Waals surface area contributed by atoms with Crippen LogP contribution >= 0.6 is 0 Å².